The van der Waals surface area contributed by atoms with E-state index in [1.807, 2.05) is 13.8 Å². The number of carbonyl (C=O) groups is 1. The topological polar surface area (TPSA) is 35.5 Å². The molecular formula is C14H18O3. The average molecular weight is 234 g/mol. The lowest BCUT2D eigenvalue weighted by molar-refractivity contribution is -0.149. The number of benzene rings is 1. The molecule has 1 aliphatic rings. The van der Waals surface area contributed by atoms with Crippen molar-refractivity contribution in [2.24, 2.45) is 5.92 Å². The third kappa shape index (κ3) is 2.43. The fourth-order valence-corrected chi connectivity index (χ4v) is 2.32. The highest BCUT2D eigenvalue weighted by atomic mass is 16.5. The summed E-state index contributed by atoms with van der Waals surface area (Å²) in [4.78, 5) is 11.7. The molecule has 1 heterocycles. The highest BCUT2D eigenvalue weighted by Crippen LogP contribution is 2.32. The molecule has 0 bridgehead atoms. The van der Waals surface area contributed by atoms with Gasteiger partial charge in [-0.25, -0.2) is 0 Å². The van der Waals surface area contributed by atoms with Crippen LogP contribution < -0.4 is 4.74 Å². The summed E-state index contributed by atoms with van der Waals surface area (Å²) in [5, 5.41) is 0. The summed E-state index contributed by atoms with van der Waals surface area (Å²) in [6, 6.07) is 4.19. The van der Waals surface area contributed by atoms with Crippen molar-refractivity contribution in [3.8, 4) is 5.75 Å². The zero-order valence-electron chi connectivity index (χ0n) is 10.6. The Morgan fingerprint density at radius 1 is 1.47 bits per heavy atom. The molecule has 0 fully saturated rings. The van der Waals surface area contributed by atoms with Crippen molar-refractivity contribution in [3.63, 3.8) is 0 Å². The van der Waals surface area contributed by atoms with Gasteiger partial charge in [0.2, 0.25) is 0 Å². The van der Waals surface area contributed by atoms with Crippen molar-refractivity contribution in [1.82, 2.24) is 0 Å². The van der Waals surface area contributed by atoms with Crippen molar-refractivity contribution in [1.29, 1.82) is 0 Å². The first-order valence-corrected chi connectivity index (χ1v) is 6.01. The smallest absolute Gasteiger partial charge is 0.312 e. The number of ether oxygens (including phenoxy) is 2. The van der Waals surface area contributed by atoms with Gasteiger partial charge in [0.05, 0.1) is 12.5 Å². The number of hydrogen-bond acceptors (Lipinski definition) is 3. The highest BCUT2D eigenvalue weighted by Gasteiger charge is 2.27. The number of fused-ring (bicyclic) bond motifs is 1. The van der Waals surface area contributed by atoms with Crippen LogP contribution in [0.15, 0.2) is 12.1 Å². The average Bonchev–Trinajstić information content (AvgIpc) is 2.28. The van der Waals surface area contributed by atoms with Crippen LogP contribution in [0.1, 0.15) is 23.6 Å². The maximum absolute atomic E-state index is 11.7. The molecule has 1 aliphatic heterocycles. The third-order valence-corrected chi connectivity index (χ3v) is 3.01. The second kappa shape index (κ2) is 4.78. The second-order valence-corrected chi connectivity index (χ2v) is 4.53. The molecule has 0 aliphatic carbocycles. The summed E-state index contributed by atoms with van der Waals surface area (Å²) in [5.41, 5.74) is 3.46. The number of aryl methyl sites for hydroxylation is 2. The Bertz CT molecular complexity index is 437. The fourth-order valence-electron chi connectivity index (χ4n) is 2.32. The first kappa shape index (κ1) is 12.0. The predicted molar refractivity (Wildman–Crippen MR) is 65.2 cm³/mol. The number of carbonyl (C=O) groups excluding carboxylic acids is 1. The molecule has 0 aromatic heterocycles. The van der Waals surface area contributed by atoms with Crippen molar-refractivity contribution in [2.45, 2.75) is 27.2 Å². The van der Waals surface area contributed by atoms with Gasteiger partial charge < -0.3 is 9.47 Å². The molecule has 3 heteroatoms. The molecule has 1 unspecified atom stereocenters. The van der Waals surface area contributed by atoms with E-state index in [1.54, 1.807) is 0 Å². The molecule has 1 atom stereocenters. The van der Waals surface area contributed by atoms with Crippen LogP contribution in [0.4, 0.5) is 0 Å². The zero-order chi connectivity index (χ0) is 12.4. The van der Waals surface area contributed by atoms with E-state index in [4.69, 9.17) is 9.47 Å². The summed E-state index contributed by atoms with van der Waals surface area (Å²) >= 11 is 0. The van der Waals surface area contributed by atoms with E-state index < -0.39 is 0 Å². The fraction of sp³-hybridized carbons (Fsp3) is 0.500. The van der Waals surface area contributed by atoms with E-state index in [1.165, 1.54) is 5.56 Å². The largest absolute Gasteiger partial charge is 0.492 e. The van der Waals surface area contributed by atoms with Gasteiger partial charge in [-0.15, -0.1) is 0 Å². The van der Waals surface area contributed by atoms with E-state index in [0.717, 1.165) is 23.3 Å². The van der Waals surface area contributed by atoms with Crippen molar-refractivity contribution < 1.29 is 14.3 Å². The summed E-state index contributed by atoms with van der Waals surface area (Å²) in [5.74, 6) is 0.622. The first-order chi connectivity index (χ1) is 8.11. The maximum atomic E-state index is 11.7. The monoisotopic (exact) mass is 234 g/mol. The molecule has 2 rings (SSSR count). The molecule has 0 amide bonds. The standard InChI is InChI=1S/C14H18O3/c1-4-16-14(15)12-7-11-6-9(2)5-10(3)13(11)17-8-12/h5-6,12H,4,7-8H2,1-3H3. The lowest BCUT2D eigenvalue weighted by Crippen LogP contribution is -2.30. The lowest BCUT2D eigenvalue weighted by atomic mass is 9.93. The Balaban J connectivity index is 2.21. The number of esters is 1. The van der Waals surface area contributed by atoms with Crippen LogP contribution >= 0.6 is 0 Å². The predicted octanol–water partition coefficient (Wildman–Crippen LogP) is 2.42. The van der Waals surface area contributed by atoms with Gasteiger partial charge in [0, 0.05) is 0 Å². The quantitative estimate of drug-likeness (QED) is 0.737. The van der Waals surface area contributed by atoms with E-state index in [0.29, 0.717) is 13.2 Å². The SMILES string of the molecule is CCOC(=O)C1COc2c(C)cc(C)cc2C1. The van der Waals surface area contributed by atoms with Gasteiger partial charge in [-0.3, -0.25) is 4.79 Å². The van der Waals surface area contributed by atoms with Crippen LogP contribution in [0.3, 0.4) is 0 Å². The lowest BCUT2D eigenvalue weighted by Gasteiger charge is -2.25. The Kier molecular flexibility index (Phi) is 3.36. The third-order valence-electron chi connectivity index (χ3n) is 3.01. The van der Waals surface area contributed by atoms with E-state index in [9.17, 15) is 4.79 Å². The van der Waals surface area contributed by atoms with E-state index >= 15 is 0 Å². The highest BCUT2D eigenvalue weighted by molar-refractivity contribution is 5.73. The maximum Gasteiger partial charge on any atom is 0.312 e. The van der Waals surface area contributed by atoms with Gasteiger partial charge >= 0.3 is 5.97 Å². The zero-order valence-corrected chi connectivity index (χ0v) is 10.6. The Labute approximate surface area is 102 Å². The minimum Gasteiger partial charge on any atom is -0.492 e. The normalized spacial score (nSPS) is 18.2. The van der Waals surface area contributed by atoms with Crippen LogP contribution in [0.5, 0.6) is 5.75 Å². The first-order valence-electron chi connectivity index (χ1n) is 6.01. The van der Waals surface area contributed by atoms with Gasteiger partial charge in [-0.05, 0) is 38.3 Å². The second-order valence-electron chi connectivity index (χ2n) is 4.53. The van der Waals surface area contributed by atoms with Crippen LogP contribution in [-0.2, 0) is 16.0 Å². The Morgan fingerprint density at radius 3 is 2.94 bits per heavy atom. The van der Waals surface area contributed by atoms with Gasteiger partial charge in [-0.1, -0.05) is 17.7 Å². The van der Waals surface area contributed by atoms with Gasteiger partial charge in [0.15, 0.2) is 0 Å². The summed E-state index contributed by atoms with van der Waals surface area (Å²) in [6.07, 6.45) is 0.719. The molecule has 1 aromatic carbocycles. The van der Waals surface area contributed by atoms with E-state index in [-0.39, 0.29) is 11.9 Å². The van der Waals surface area contributed by atoms with Gasteiger partial charge in [0.25, 0.3) is 0 Å². The number of rotatable bonds is 2. The molecule has 0 radical (unpaired) electrons. The molecule has 0 N–H and O–H groups in total. The summed E-state index contributed by atoms with van der Waals surface area (Å²) < 4.78 is 10.7. The van der Waals surface area contributed by atoms with Crippen LogP contribution in [-0.4, -0.2) is 19.2 Å². The minimum absolute atomic E-state index is 0.155. The molecule has 92 valence electrons. The van der Waals surface area contributed by atoms with Gasteiger partial charge in [0.1, 0.15) is 12.4 Å². The molecular weight excluding hydrogens is 216 g/mol. The van der Waals surface area contributed by atoms with Crippen molar-refractivity contribution in [3.05, 3.63) is 28.8 Å². The summed E-state index contributed by atoms with van der Waals surface area (Å²) in [6.45, 7) is 6.77. The van der Waals surface area contributed by atoms with Crippen LogP contribution in [0.2, 0.25) is 0 Å². The molecule has 0 spiro atoms. The molecule has 1 aromatic rings. The minimum atomic E-state index is -0.163. The molecule has 3 nitrogen and oxygen atoms in total. The Hall–Kier alpha value is -1.51. The molecule has 0 saturated carbocycles. The van der Waals surface area contributed by atoms with Crippen molar-refractivity contribution in [2.75, 3.05) is 13.2 Å². The molecule has 0 saturated heterocycles. The van der Waals surface area contributed by atoms with Crippen molar-refractivity contribution >= 4 is 5.97 Å². The van der Waals surface area contributed by atoms with Crippen LogP contribution in [0.25, 0.3) is 0 Å². The summed E-state index contributed by atoms with van der Waals surface area (Å²) in [7, 11) is 0. The van der Waals surface area contributed by atoms with Crippen LogP contribution in [0, 0.1) is 19.8 Å². The van der Waals surface area contributed by atoms with Gasteiger partial charge in [-0.2, -0.15) is 0 Å². The number of hydrogen-bond donors (Lipinski definition) is 0. The molecule has 17 heavy (non-hydrogen) atoms. The van der Waals surface area contributed by atoms with E-state index in [2.05, 4.69) is 19.1 Å². The Morgan fingerprint density at radius 2 is 2.24 bits per heavy atom.